The first kappa shape index (κ1) is 26.4. The fourth-order valence-corrected chi connectivity index (χ4v) is 7.49. The minimum atomic E-state index is -4.25. The van der Waals surface area contributed by atoms with Gasteiger partial charge in [-0.1, -0.05) is 77.9 Å². The summed E-state index contributed by atoms with van der Waals surface area (Å²) in [5.74, 6) is -2.07. The molecule has 1 unspecified atom stereocenters. The minimum Gasteiger partial charge on any atom is -0.466 e. The van der Waals surface area contributed by atoms with Gasteiger partial charge in [-0.2, -0.15) is 0 Å². The number of carbonyl (C=O) groups is 1. The summed E-state index contributed by atoms with van der Waals surface area (Å²) in [6, 6.07) is 22.6. The van der Waals surface area contributed by atoms with E-state index in [4.69, 9.17) is 10.5 Å². The van der Waals surface area contributed by atoms with Crippen LogP contribution in [0.15, 0.2) is 93.5 Å². The molecule has 0 radical (unpaired) electrons. The SMILES string of the molecule is COC(=O)C1=c2sc(=Cc3ccc(C)cc3)c(=O)n2C(N)=C(S(=O)(=O)c2ccccc2)C1c1ccc(C)cc1. The maximum absolute atomic E-state index is 14.1. The van der Waals surface area contributed by atoms with Crippen molar-refractivity contribution in [2.24, 2.45) is 5.73 Å². The first-order valence-electron chi connectivity index (χ1n) is 12.1. The number of allylic oxidation sites excluding steroid dienone is 1. The summed E-state index contributed by atoms with van der Waals surface area (Å²) in [6.45, 7) is 3.87. The lowest BCUT2D eigenvalue weighted by Crippen LogP contribution is -2.41. The number of hydrogen-bond donors (Lipinski definition) is 1. The molecule has 39 heavy (non-hydrogen) atoms. The highest BCUT2D eigenvalue weighted by Gasteiger charge is 2.42. The van der Waals surface area contributed by atoms with Crippen LogP contribution in [0.3, 0.4) is 0 Å². The van der Waals surface area contributed by atoms with Gasteiger partial charge in [-0.15, -0.1) is 11.3 Å². The second-order valence-electron chi connectivity index (χ2n) is 9.28. The standard InChI is InChI=1S/C30H26N2O5S2/c1-18-9-13-20(14-10-18)17-23-28(33)32-27(31)26(39(35,36)22-7-5-4-6-8-22)24(21-15-11-19(2)12-16-21)25(29(32)38-23)30(34)37-3/h4-17,24H,31H2,1-3H3. The van der Waals surface area contributed by atoms with Crippen molar-refractivity contribution >= 4 is 44.6 Å². The Morgan fingerprint density at radius 1 is 0.949 bits per heavy atom. The van der Waals surface area contributed by atoms with Crippen molar-refractivity contribution in [3.05, 3.63) is 126 Å². The van der Waals surface area contributed by atoms with E-state index in [1.54, 1.807) is 36.4 Å². The van der Waals surface area contributed by atoms with Gasteiger partial charge in [0, 0.05) is 0 Å². The highest BCUT2D eigenvalue weighted by atomic mass is 32.2. The first-order valence-corrected chi connectivity index (χ1v) is 14.4. The molecule has 1 atom stereocenters. The Balaban J connectivity index is 1.92. The van der Waals surface area contributed by atoms with Gasteiger partial charge in [0.05, 0.1) is 28.0 Å². The van der Waals surface area contributed by atoms with Crippen LogP contribution in [0.4, 0.5) is 0 Å². The number of thiazole rings is 1. The van der Waals surface area contributed by atoms with E-state index in [0.29, 0.717) is 10.1 Å². The molecule has 2 N–H and O–H groups in total. The quantitative estimate of drug-likeness (QED) is 0.377. The third kappa shape index (κ3) is 4.64. The number of nitrogens with zero attached hydrogens (tertiary/aromatic N) is 1. The Morgan fingerprint density at radius 2 is 1.54 bits per heavy atom. The summed E-state index contributed by atoms with van der Waals surface area (Å²) in [6.07, 6.45) is 1.70. The molecule has 198 valence electrons. The summed E-state index contributed by atoms with van der Waals surface area (Å²) >= 11 is 1.07. The average Bonchev–Trinajstić information content (AvgIpc) is 3.25. The number of methoxy groups -OCH3 is 1. The van der Waals surface area contributed by atoms with Crippen molar-refractivity contribution in [1.29, 1.82) is 0 Å². The normalized spacial score (nSPS) is 15.8. The topological polar surface area (TPSA) is 108 Å². The Kier molecular flexibility index (Phi) is 6.88. The van der Waals surface area contributed by atoms with Gasteiger partial charge in [-0.25, -0.2) is 13.2 Å². The number of sulfone groups is 1. The van der Waals surface area contributed by atoms with Crippen LogP contribution in [0.1, 0.15) is 28.2 Å². The van der Waals surface area contributed by atoms with Crippen LogP contribution in [-0.2, 0) is 19.4 Å². The lowest BCUT2D eigenvalue weighted by molar-refractivity contribution is -0.134. The number of benzene rings is 3. The Morgan fingerprint density at radius 3 is 2.13 bits per heavy atom. The molecule has 0 fully saturated rings. The van der Waals surface area contributed by atoms with Crippen molar-refractivity contribution in [1.82, 2.24) is 4.57 Å². The van der Waals surface area contributed by atoms with E-state index < -0.39 is 27.3 Å². The monoisotopic (exact) mass is 558 g/mol. The smallest absolute Gasteiger partial charge is 0.337 e. The summed E-state index contributed by atoms with van der Waals surface area (Å²) < 4.78 is 35.1. The third-order valence-electron chi connectivity index (χ3n) is 6.63. The molecule has 1 aliphatic heterocycles. The molecule has 1 aromatic heterocycles. The predicted molar refractivity (Wildman–Crippen MR) is 153 cm³/mol. The van der Waals surface area contributed by atoms with Crippen LogP contribution in [0.2, 0.25) is 0 Å². The van der Waals surface area contributed by atoms with Crippen LogP contribution in [0.25, 0.3) is 17.5 Å². The lowest BCUT2D eigenvalue weighted by atomic mass is 9.89. The zero-order valence-electron chi connectivity index (χ0n) is 21.5. The molecule has 0 spiro atoms. The molecular weight excluding hydrogens is 532 g/mol. The van der Waals surface area contributed by atoms with E-state index >= 15 is 0 Å². The molecule has 0 aliphatic carbocycles. The highest BCUT2D eigenvalue weighted by Crippen LogP contribution is 2.42. The van der Waals surface area contributed by atoms with E-state index in [-0.39, 0.29) is 25.9 Å². The Labute approximate surface area is 229 Å². The van der Waals surface area contributed by atoms with Crippen LogP contribution < -0.4 is 20.5 Å². The van der Waals surface area contributed by atoms with Crippen molar-refractivity contribution in [2.75, 3.05) is 7.11 Å². The summed E-state index contributed by atoms with van der Waals surface area (Å²) in [4.78, 5) is 26.9. The van der Waals surface area contributed by atoms with Gasteiger partial charge in [0.2, 0.25) is 9.84 Å². The number of nitrogens with two attached hydrogens (primary N) is 1. The summed E-state index contributed by atoms with van der Waals surface area (Å²) in [5.41, 5.74) is 9.46. The molecule has 1 aliphatic rings. The molecule has 3 aromatic carbocycles. The number of rotatable bonds is 5. The van der Waals surface area contributed by atoms with Crippen molar-refractivity contribution < 1.29 is 17.9 Å². The first-order chi connectivity index (χ1) is 18.6. The van der Waals surface area contributed by atoms with Crippen LogP contribution >= 0.6 is 11.3 Å². The molecule has 9 heteroatoms. The molecule has 4 aromatic rings. The zero-order valence-corrected chi connectivity index (χ0v) is 23.2. The Bertz CT molecular complexity index is 1900. The molecule has 0 saturated heterocycles. The van der Waals surface area contributed by atoms with E-state index in [0.717, 1.165) is 32.6 Å². The second-order valence-corrected chi connectivity index (χ2v) is 12.2. The van der Waals surface area contributed by atoms with Gasteiger partial charge < -0.3 is 10.5 Å². The second kappa shape index (κ2) is 10.2. The van der Waals surface area contributed by atoms with Gasteiger partial charge in [0.15, 0.2) is 0 Å². The van der Waals surface area contributed by atoms with Gasteiger partial charge in [-0.05, 0) is 43.2 Å². The minimum absolute atomic E-state index is 0.00227. The van der Waals surface area contributed by atoms with Gasteiger partial charge in [0.25, 0.3) is 5.56 Å². The lowest BCUT2D eigenvalue weighted by Gasteiger charge is -2.28. The molecule has 0 saturated carbocycles. The van der Waals surface area contributed by atoms with Crippen molar-refractivity contribution in [3.8, 4) is 0 Å². The van der Waals surface area contributed by atoms with Gasteiger partial charge >= 0.3 is 5.97 Å². The van der Waals surface area contributed by atoms with Crippen LogP contribution in [0, 0.1) is 13.8 Å². The van der Waals surface area contributed by atoms with E-state index in [1.165, 1.54) is 19.2 Å². The van der Waals surface area contributed by atoms with Crippen molar-refractivity contribution in [3.63, 3.8) is 0 Å². The molecule has 0 bridgehead atoms. The molecule has 5 rings (SSSR count). The Hall–Kier alpha value is -4.21. The number of hydrogen-bond acceptors (Lipinski definition) is 7. The van der Waals surface area contributed by atoms with Gasteiger partial charge in [-0.3, -0.25) is 9.36 Å². The fraction of sp³-hybridized carbons (Fsp3) is 0.133. The average molecular weight is 559 g/mol. The van der Waals surface area contributed by atoms with Crippen LogP contribution in [-0.4, -0.2) is 26.1 Å². The largest absolute Gasteiger partial charge is 0.466 e. The maximum Gasteiger partial charge on any atom is 0.337 e. The molecule has 2 heterocycles. The molecular formula is C30H26N2O5S2. The van der Waals surface area contributed by atoms with E-state index in [1.807, 2.05) is 50.2 Å². The maximum atomic E-state index is 14.1. The number of aryl methyl sites for hydroxylation is 2. The van der Waals surface area contributed by atoms with Gasteiger partial charge in [0.1, 0.15) is 15.4 Å². The number of esters is 1. The number of carbonyl (C=O) groups excluding carboxylic acids is 1. The summed E-state index contributed by atoms with van der Waals surface area (Å²) in [5, 5.41) is 0. The number of aromatic nitrogens is 1. The predicted octanol–water partition coefficient (Wildman–Crippen LogP) is 3.04. The van der Waals surface area contributed by atoms with E-state index in [2.05, 4.69) is 0 Å². The van der Waals surface area contributed by atoms with E-state index in [9.17, 15) is 18.0 Å². The fourth-order valence-electron chi connectivity index (χ4n) is 4.62. The number of ether oxygens (including phenoxy) is 1. The highest BCUT2D eigenvalue weighted by molar-refractivity contribution is 7.95. The molecule has 0 amide bonds. The zero-order chi connectivity index (χ0) is 27.9. The summed E-state index contributed by atoms with van der Waals surface area (Å²) in [7, 11) is -3.02. The van der Waals surface area contributed by atoms with Crippen LogP contribution in [0.5, 0.6) is 0 Å². The number of fused-ring (bicyclic) bond motifs is 1. The van der Waals surface area contributed by atoms with Crippen molar-refractivity contribution in [2.45, 2.75) is 24.7 Å². The third-order valence-corrected chi connectivity index (χ3v) is 9.66. The molecule has 7 nitrogen and oxygen atoms in total.